The molecule has 0 unspecified atom stereocenters. The largest absolute Gasteiger partial charge is 0.433 e. The summed E-state index contributed by atoms with van der Waals surface area (Å²) < 4.78 is 44.8. The summed E-state index contributed by atoms with van der Waals surface area (Å²) in [4.78, 5) is 7.50. The molecular formula is C17H9Cl2F3N2O. The van der Waals surface area contributed by atoms with E-state index < -0.39 is 17.9 Å². The van der Waals surface area contributed by atoms with Gasteiger partial charge in [0.05, 0.1) is 5.69 Å². The second kappa shape index (κ2) is 6.90. The van der Waals surface area contributed by atoms with Crippen molar-refractivity contribution in [1.29, 1.82) is 0 Å². The maximum atomic E-state index is 13.1. The summed E-state index contributed by atoms with van der Waals surface area (Å²) in [5.41, 5.74) is -0.572. The van der Waals surface area contributed by atoms with Gasteiger partial charge in [0.1, 0.15) is 5.75 Å². The minimum atomic E-state index is -4.64. The molecule has 25 heavy (non-hydrogen) atoms. The molecule has 0 amide bonds. The van der Waals surface area contributed by atoms with Crippen LogP contribution in [0.2, 0.25) is 10.0 Å². The molecule has 0 saturated carbocycles. The molecule has 0 radical (unpaired) electrons. The van der Waals surface area contributed by atoms with Gasteiger partial charge in [-0.05, 0) is 42.5 Å². The van der Waals surface area contributed by atoms with E-state index in [9.17, 15) is 13.2 Å². The van der Waals surface area contributed by atoms with Gasteiger partial charge in [-0.25, -0.2) is 0 Å². The van der Waals surface area contributed by atoms with E-state index in [-0.39, 0.29) is 11.4 Å². The molecule has 3 nitrogen and oxygen atoms in total. The van der Waals surface area contributed by atoms with Crippen LogP contribution in [0.3, 0.4) is 0 Å². The zero-order chi connectivity index (χ0) is 18.0. The van der Waals surface area contributed by atoms with Gasteiger partial charge >= 0.3 is 12.2 Å². The number of hydrogen-bond acceptors (Lipinski definition) is 3. The van der Waals surface area contributed by atoms with Gasteiger partial charge in [-0.2, -0.15) is 23.1 Å². The van der Waals surface area contributed by atoms with E-state index in [1.165, 1.54) is 12.1 Å². The van der Waals surface area contributed by atoms with Crippen molar-refractivity contribution >= 4 is 23.2 Å². The van der Waals surface area contributed by atoms with Gasteiger partial charge in [0.25, 0.3) is 0 Å². The monoisotopic (exact) mass is 384 g/mol. The lowest BCUT2D eigenvalue weighted by molar-refractivity contribution is -0.141. The second-order valence-corrected chi connectivity index (χ2v) is 5.85. The molecule has 0 atom stereocenters. The van der Waals surface area contributed by atoms with Crippen molar-refractivity contribution in [2.45, 2.75) is 6.18 Å². The average Bonchev–Trinajstić information content (AvgIpc) is 2.56. The smallest absolute Gasteiger partial charge is 0.424 e. The van der Waals surface area contributed by atoms with E-state index in [4.69, 9.17) is 27.9 Å². The quantitative estimate of drug-likeness (QED) is 0.534. The van der Waals surface area contributed by atoms with Crippen LogP contribution in [-0.4, -0.2) is 9.97 Å². The highest BCUT2D eigenvalue weighted by molar-refractivity contribution is 6.30. The van der Waals surface area contributed by atoms with Crippen molar-refractivity contribution in [2.24, 2.45) is 0 Å². The van der Waals surface area contributed by atoms with Crippen molar-refractivity contribution in [3.05, 3.63) is 70.3 Å². The minimum Gasteiger partial charge on any atom is -0.424 e. The lowest BCUT2D eigenvalue weighted by atomic mass is 10.1. The SMILES string of the molecule is FC(F)(F)c1cc(-c2ccc(Cl)cc2)nc(Oc2ccc(Cl)cc2)n1. The molecule has 128 valence electrons. The normalized spacial score (nSPS) is 11.4. The van der Waals surface area contributed by atoms with Gasteiger partial charge in [-0.3, -0.25) is 0 Å². The third-order valence-electron chi connectivity index (χ3n) is 3.16. The molecule has 0 aliphatic rings. The van der Waals surface area contributed by atoms with Gasteiger partial charge in [0.15, 0.2) is 5.69 Å². The Morgan fingerprint density at radius 2 is 1.36 bits per heavy atom. The van der Waals surface area contributed by atoms with Crippen LogP contribution in [0, 0.1) is 0 Å². The molecule has 0 fully saturated rings. The fourth-order valence-electron chi connectivity index (χ4n) is 1.99. The maximum Gasteiger partial charge on any atom is 0.433 e. The number of ether oxygens (including phenoxy) is 1. The number of rotatable bonds is 3. The van der Waals surface area contributed by atoms with Crippen molar-refractivity contribution in [3.63, 3.8) is 0 Å². The van der Waals surface area contributed by atoms with Crippen molar-refractivity contribution in [3.8, 4) is 23.0 Å². The van der Waals surface area contributed by atoms with Crippen LogP contribution < -0.4 is 4.74 Å². The number of nitrogens with zero attached hydrogens (tertiary/aromatic N) is 2. The van der Waals surface area contributed by atoms with Gasteiger partial charge in [-0.15, -0.1) is 0 Å². The highest BCUT2D eigenvalue weighted by Gasteiger charge is 2.34. The fraction of sp³-hybridized carbons (Fsp3) is 0.0588. The summed E-state index contributed by atoms with van der Waals surface area (Å²) in [6.45, 7) is 0. The molecule has 3 rings (SSSR count). The molecule has 1 aromatic heterocycles. The van der Waals surface area contributed by atoms with Crippen LogP contribution in [0.25, 0.3) is 11.3 Å². The van der Waals surface area contributed by atoms with Gasteiger partial charge in [0, 0.05) is 15.6 Å². The standard InChI is InChI=1S/C17H9Cl2F3N2O/c18-11-3-1-10(2-4-11)14-9-15(17(20,21)22)24-16(23-14)25-13-7-5-12(19)6-8-13/h1-9H. The molecule has 0 N–H and O–H groups in total. The lowest BCUT2D eigenvalue weighted by Gasteiger charge is -2.11. The van der Waals surface area contributed by atoms with Gasteiger partial charge in [0.2, 0.25) is 0 Å². The molecule has 3 aromatic rings. The van der Waals surface area contributed by atoms with E-state index in [1.807, 2.05) is 0 Å². The van der Waals surface area contributed by atoms with Crippen molar-refractivity contribution in [2.75, 3.05) is 0 Å². The predicted octanol–water partition coefficient (Wildman–Crippen LogP) is 6.26. The van der Waals surface area contributed by atoms with E-state index in [0.717, 1.165) is 6.07 Å². The summed E-state index contributed by atoms with van der Waals surface area (Å²) in [7, 11) is 0. The first-order chi connectivity index (χ1) is 11.8. The van der Waals surface area contributed by atoms with Crippen LogP contribution in [-0.2, 0) is 6.18 Å². The highest BCUT2D eigenvalue weighted by Crippen LogP contribution is 2.33. The molecule has 1 heterocycles. The molecule has 0 aliphatic heterocycles. The summed E-state index contributed by atoms with van der Waals surface area (Å²) in [6.07, 6.45) is -4.64. The predicted molar refractivity (Wildman–Crippen MR) is 89.0 cm³/mol. The average molecular weight is 385 g/mol. The molecule has 0 aliphatic carbocycles. The van der Waals surface area contributed by atoms with E-state index in [2.05, 4.69) is 9.97 Å². The third kappa shape index (κ3) is 4.41. The first-order valence-electron chi connectivity index (χ1n) is 6.97. The lowest BCUT2D eigenvalue weighted by Crippen LogP contribution is -2.10. The summed E-state index contributed by atoms with van der Waals surface area (Å²) >= 11 is 11.6. The Bertz CT molecular complexity index is 882. The second-order valence-electron chi connectivity index (χ2n) is 4.98. The first kappa shape index (κ1) is 17.5. The third-order valence-corrected chi connectivity index (χ3v) is 3.66. The fourth-order valence-corrected chi connectivity index (χ4v) is 2.24. The molecule has 2 aromatic carbocycles. The molecule has 0 bridgehead atoms. The zero-order valence-corrected chi connectivity index (χ0v) is 13.9. The van der Waals surface area contributed by atoms with Gasteiger partial charge < -0.3 is 4.74 Å². The Morgan fingerprint density at radius 1 is 0.800 bits per heavy atom. The molecule has 0 saturated heterocycles. The van der Waals surface area contributed by atoms with Crippen LogP contribution >= 0.6 is 23.2 Å². The van der Waals surface area contributed by atoms with E-state index in [1.54, 1.807) is 36.4 Å². The Labute approximate surface area is 151 Å². The first-order valence-corrected chi connectivity index (χ1v) is 7.72. The topological polar surface area (TPSA) is 35.0 Å². The Kier molecular flexibility index (Phi) is 4.83. The summed E-state index contributed by atoms with van der Waals surface area (Å²) in [5.74, 6) is 0.269. The van der Waals surface area contributed by atoms with Crippen molar-refractivity contribution in [1.82, 2.24) is 9.97 Å². The van der Waals surface area contributed by atoms with Crippen LogP contribution in [0.15, 0.2) is 54.6 Å². The number of halogens is 5. The Hall–Kier alpha value is -2.31. The number of aromatic nitrogens is 2. The molecular weight excluding hydrogens is 376 g/mol. The Balaban J connectivity index is 2.03. The number of benzene rings is 2. The minimum absolute atomic E-state index is 0.0722. The molecule has 8 heteroatoms. The Morgan fingerprint density at radius 3 is 1.92 bits per heavy atom. The zero-order valence-electron chi connectivity index (χ0n) is 12.4. The van der Waals surface area contributed by atoms with Crippen molar-refractivity contribution < 1.29 is 17.9 Å². The maximum absolute atomic E-state index is 13.1. The van der Waals surface area contributed by atoms with Crippen LogP contribution in [0.1, 0.15) is 5.69 Å². The highest BCUT2D eigenvalue weighted by atomic mass is 35.5. The summed E-state index contributed by atoms with van der Waals surface area (Å²) in [6, 6.07) is 12.8. The van der Waals surface area contributed by atoms with E-state index in [0.29, 0.717) is 15.6 Å². The molecule has 0 spiro atoms. The number of hydrogen-bond donors (Lipinski definition) is 0. The van der Waals surface area contributed by atoms with Gasteiger partial charge in [-0.1, -0.05) is 35.3 Å². The summed E-state index contributed by atoms with van der Waals surface area (Å²) in [5, 5.41) is 0.936. The van der Waals surface area contributed by atoms with E-state index >= 15 is 0 Å². The van der Waals surface area contributed by atoms with Crippen LogP contribution in [0.4, 0.5) is 13.2 Å². The number of alkyl halides is 3. The van der Waals surface area contributed by atoms with Crippen LogP contribution in [0.5, 0.6) is 11.8 Å².